The number of carbonyl (C=O) groups is 2. The fourth-order valence-electron chi connectivity index (χ4n) is 2.25. The summed E-state index contributed by atoms with van der Waals surface area (Å²) in [5.41, 5.74) is 0. The van der Waals surface area contributed by atoms with Gasteiger partial charge in [0.1, 0.15) is 0 Å². The van der Waals surface area contributed by atoms with Gasteiger partial charge in [-0.2, -0.15) is 0 Å². The summed E-state index contributed by atoms with van der Waals surface area (Å²) in [5, 5.41) is 9.04. The van der Waals surface area contributed by atoms with Crippen LogP contribution < -0.4 is 0 Å². The van der Waals surface area contributed by atoms with Crippen LogP contribution in [-0.2, 0) is 14.3 Å². The molecule has 1 N–H and O–H groups in total. The van der Waals surface area contributed by atoms with Gasteiger partial charge in [0.25, 0.3) is 0 Å². The zero-order chi connectivity index (χ0) is 12.0. The van der Waals surface area contributed by atoms with Crippen LogP contribution in [0.15, 0.2) is 12.7 Å². The van der Waals surface area contributed by atoms with Crippen molar-refractivity contribution in [1.82, 2.24) is 0 Å². The van der Waals surface area contributed by atoms with Gasteiger partial charge in [-0.05, 0) is 25.2 Å². The predicted octanol–water partition coefficient (Wildman–Crippen LogP) is 2.00. The molecule has 0 aromatic heterocycles. The molecule has 1 rings (SSSR count). The Labute approximate surface area is 95.3 Å². The number of hydrogen-bond acceptors (Lipinski definition) is 3. The minimum Gasteiger partial charge on any atom is -0.481 e. The normalized spacial score (nSPS) is 24.8. The number of rotatable bonds is 5. The highest BCUT2D eigenvalue weighted by atomic mass is 16.5. The summed E-state index contributed by atoms with van der Waals surface area (Å²) < 4.78 is 4.87. The van der Waals surface area contributed by atoms with E-state index in [9.17, 15) is 9.59 Å². The molecule has 0 heterocycles. The van der Waals surface area contributed by atoms with E-state index >= 15 is 0 Å². The number of carboxylic acid groups (broad SMARTS) is 1. The molecule has 0 aromatic rings. The molecule has 0 radical (unpaired) electrons. The van der Waals surface area contributed by atoms with E-state index in [2.05, 4.69) is 6.58 Å². The molecule has 0 saturated heterocycles. The average molecular weight is 226 g/mol. The van der Waals surface area contributed by atoms with E-state index in [1.807, 2.05) is 0 Å². The van der Waals surface area contributed by atoms with E-state index in [1.165, 1.54) is 0 Å². The van der Waals surface area contributed by atoms with E-state index in [-0.39, 0.29) is 11.8 Å². The van der Waals surface area contributed by atoms with E-state index in [0.717, 1.165) is 31.8 Å². The number of carbonyl (C=O) groups excluding carboxylic acids is 1. The molecule has 4 heteroatoms. The Hall–Kier alpha value is -1.32. The number of esters is 1. The molecule has 4 nitrogen and oxygen atoms in total. The monoisotopic (exact) mass is 226 g/mol. The van der Waals surface area contributed by atoms with Gasteiger partial charge in [-0.1, -0.05) is 19.4 Å². The van der Waals surface area contributed by atoms with Crippen molar-refractivity contribution in [1.29, 1.82) is 0 Å². The highest BCUT2D eigenvalue weighted by Crippen LogP contribution is 2.32. The minimum atomic E-state index is -0.722. The summed E-state index contributed by atoms with van der Waals surface area (Å²) in [4.78, 5) is 21.8. The number of hydrogen-bond donors (Lipinski definition) is 1. The molecule has 2 atom stereocenters. The standard InChI is InChI=1S/C12H18O4/c1-2-11(13)16-8-7-9-5-3-4-6-10(9)12(14)15/h2,9-10H,1,3-8H2,(H,14,15). The molecular weight excluding hydrogens is 208 g/mol. The summed E-state index contributed by atoms with van der Waals surface area (Å²) in [6.07, 6.45) is 5.48. The summed E-state index contributed by atoms with van der Waals surface area (Å²) >= 11 is 0. The van der Waals surface area contributed by atoms with Crippen LogP contribution in [0.1, 0.15) is 32.1 Å². The van der Waals surface area contributed by atoms with E-state index < -0.39 is 11.9 Å². The van der Waals surface area contributed by atoms with Crippen LogP contribution in [-0.4, -0.2) is 23.7 Å². The SMILES string of the molecule is C=CC(=O)OCCC1CCCCC1C(=O)O. The van der Waals surface area contributed by atoms with Gasteiger partial charge >= 0.3 is 11.9 Å². The average Bonchev–Trinajstić information content (AvgIpc) is 2.29. The summed E-state index contributed by atoms with van der Waals surface area (Å²) in [6.45, 7) is 3.59. The van der Waals surface area contributed by atoms with E-state index in [1.54, 1.807) is 0 Å². The quantitative estimate of drug-likeness (QED) is 0.575. The Morgan fingerprint density at radius 1 is 1.38 bits per heavy atom. The maximum absolute atomic E-state index is 11.0. The van der Waals surface area contributed by atoms with Gasteiger partial charge in [-0.25, -0.2) is 4.79 Å². The molecule has 0 spiro atoms. The zero-order valence-corrected chi connectivity index (χ0v) is 9.35. The van der Waals surface area contributed by atoms with Crippen LogP contribution >= 0.6 is 0 Å². The first-order valence-corrected chi connectivity index (χ1v) is 5.67. The fraction of sp³-hybridized carbons (Fsp3) is 0.667. The molecule has 2 unspecified atom stereocenters. The summed E-state index contributed by atoms with van der Waals surface area (Å²) in [7, 11) is 0. The van der Waals surface area contributed by atoms with Gasteiger partial charge in [0.15, 0.2) is 0 Å². The second-order valence-electron chi connectivity index (χ2n) is 4.15. The Balaban J connectivity index is 2.35. The Kier molecular flexibility index (Phi) is 5.02. The van der Waals surface area contributed by atoms with E-state index in [4.69, 9.17) is 9.84 Å². The first-order valence-electron chi connectivity index (χ1n) is 5.67. The van der Waals surface area contributed by atoms with Crippen LogP contribution in [0.2, 0.25) is 0 Å². The maximum atomic E-state index is 11.0. The van der Waals surface area contributed by atoms with Crippen molar-refractivity contribution in [2.24, 2.45) is 11.8 Å². The lowest BCUT2D eigenvalue weighted by Gasteiger charge is -2.28. The van der Waals surface area contributed by atoms with Gasteiger partial charge in [-0.3, -0.25) is 4.79 Å². The molecule has 0 aliphatic heterocycles. The van der Waals surface area contributed by atoms with Crippen LogP contribution in [0.25, 0.3) is 0 Å². The molecule has 0 bridgehead atoms. The smallest absolute Gasteiger partial charge is 0.330 e. The molecule has 0 amide bonds. The van der Waals surface area contributed by atoms with Gasteiger partial charge < -0.3 is 9.84 Å². The Morgan fingerprint density at radius 2 is 2.06 bits per heavy atom. The number of carboxylic acids is 1. The third kappa shape index (κ3) is 3.68. The first-order chi connectivity index (χ1) is 7.65. The molecule has 1 saturated carbocycles. The van der Waals surface area contributed by atoms with Crippen LogP contribution in [0.3, 0.4) is 0 Å². The first kappa shape index (κ1) is 12.7. The third-order valence-electron chi connectivity index (χ3n) is 3.13. The molecule has 1 aliphatic carbocycles. The number of aliphatic carboxylic acids is 1. The Bertz CT molecular complexity index is 272. The van der Waals surface area contributed by atoms with E-state index in [0.29, 0.717) is 13.0 Å². The fourth-order valence-corrected chi connectivity index (χ4v) is 2.25. The van der Waals surface area contributed by atoms with Crippen molar-refractivity contribution < 1.29 is 19.4 Å². The van der Waals surface area contributed by atoms with Crippen molar-refractivity contribution in [3.8, 4) is 0 Å². The van der Waals surface area contributed by atoms with Crippen LogP contribution in [0, 0.1) is 11.8 Å². The highest BCUT2D eigenvalue weighted by molar-refractivity contribution is 5.81. The van der Waals surface area contributed by atoms with Crippen LogP contribution in [0.4, 0.5) is 0 Å². The topological polar surface area (TPSA) is 63.6 Å². The van der Waals surface area contributed by atoms with Crippen LogP contribution in [0.5, 0.6) is 0 Å². The Morgan fingerprint density at radius 3 is 2.69 bits per heavy atom. The third-order valence-corrected chi connectivity index (χ3v) is 3.13. The lowest BCUT2D eigenvalue weighted by Crippen LogP contribution is -2.28. The van der Waals surface area contributed by atoms with Gasteiger partial charge in [-0.15, -0.1) is 0 Å². The number of ether oxygens (including phenoxy) is 1. The van der Waals surface area contributed by atoms with Crippen molar-refractivity contribution in [3.05, 3.63) is 12.7 Å². The van der Waals surface area contributed by atoms with Crippen molar-refractivity contribution in [2.75, 3.05) is 6.61 Å². The predicted molar refractivity (Wildman–Crippen MR) is 58.9 cm³/mol. The second kappa shape index (κ2) is 6.30. The summed E-state index contributed by atoms with van der Waals surface area (Å²) in [5.74, 6) is -1.29. The molecule has 16 heavy (non-hydrogen) atoms. The minimum absolute atomic E-state index is 0.142. The lowest BCUT2D eigenvalue weighted by atomic mass is 9.78. The lowest BCUT2D eigenvalue weighted by molar-refractivity contribution is -0.145. The second-order valence-corrected chi connectivity index (χ2v) is 4.15. The molecule has 0 aromatic carbocycles. The van der Waals surface area contributed by atoms with Gasteiger partial charge in [0, 0.05) is 6.08 Å². The van der Waals surface area contributed by atoms with Gasteiger partial charge in [0.2, 0.25) is 0 Å². The summed E-state index contributed by atoms with van der Waals surface area (Å²) in [6, 6.07) is 0. The van der Waals surface area contributed by atoms with Crippen molar-refractivity contribution in [3.63, 3.8) is 0 Å². The zero-order valence-electron chi connectivity index (χ0n) is 9.35. The molecule has 1 aliphatic rings. The van der Waals surface area contributed by atoms with Crippen molar-refractivity contribution in [2.45, 2.75) is 32.1 Å². The molecule has 1 fully saturated rings. The van der Waals surface area contributed by atoms with Gasteiger partial charge in [0.05, 0.1) is 12.5 Å². The maximum Gasteiger partial charge on any atom is 0.330 e. The van der Waals surface area contributed by atoms with Crippen molar-refractivity contribution >= 4 is 11.9 Å². The molecule has 90 valence electrons. The highest BCUT2D eigenvalue weighted by Gasteiger charge is 2.30. The largest absolute Gasteiger partial charge is 0.481 e. The molecular formula is C12H18O4.